The maximum Gasteiger partial charge on any atom is 0.243 e. The molecule has 2 atom stereocenters. The second kappa shape index (κ2) is 9.38. The van der Waals surface area contributed by atoms with Crippen molar-refractivity contribution < 1.29 is 27.4 Å². The summed E-state index contributed by atoms with van der Waals surface area (Å²) >= 11 is 0. The van der Waals surface area contributed by atoms with E-state index in [0.717, 1.165) is 5.56 Å². The molecule has 0 radical (unpaired) electrons. The van der Waals surface area contributed by atoms with Crippen molar-refractivity contribution in [3.05, 3.63) is 48.0 Å². The zero-order valence-corrected chi connectivity index (χ0v) is 19.1. The molecule has 4 rings (SSSR count). The number of hydrogen-bond donors (Lipinski definition) is 1. The van der Waals surface area contributed by atoms with Gasteiger partial charge in [0.05, 0.1) is 24.0 Å². The van der Waals surface area contributed by atoms with E-state index in [0.29, 0.717) is 49.8 Å². The van der Waals surface area contributed by atoms with E-state index in [-0.39, 0.29) is 23.4 Å². The highest BCUT2D eigenvalue weighted by molar-refractivity contribution is 7.89. The fraction of sp³-hybridized carbons (Fsp3) is 0.435. The van der Waals surface area contributed by atoms with Gasteiger partial charge in [0, 0.05) is 13.1 Å². The lowest BCUT2D eigenvalue weighted by atomic mass is 9.97. The molecule has 0 spiro atoms. The molecule has 0 saturated carbocycles. The van der Waals surface area contributed by atoms with Gasteiger partial charge in [-0.2, -0.15) is 4.31 Å². The summed E-state index contributed by atoms with van der Waals surface area (Å²) in [5, 5.41) is 3.03. The number of carbonyl (C=O) groups is 1. The zero-order chi connectivity index (χ0) is 22.7. The molecule has 2 heterocycles. The molecule has 0 unspecified atom stereocenters. The van der Waals surface area contributed by atoms with Crippen molar-refractivity contribution in [3.63, 3.8) is 0 Å². The Labute approximate surface area is 188 Å². The molecular formula is C23H28N2O6S. The van der Waals surface area contributed by atoms with E-state index < -0.39 is 15.9 Å². The third-order valence-corrected chi connectivity index (χ3v) is 7.76. The first-order chi connectivity index (χ1) is 15.4. The Morgan fingerprint density at radius 3 is 2.56 bits per heavy atom. The minimum atomic E-state index is -3.68. The van der Waals surface area contributed by atoms with Crippen molar-refractivity contribution in [2.45, 2.75) is 30.7 Å². The number of nitrogens with one attached hydrogen (secondary N) is 1. The number of carbonyl (C=O) groups excluding carboxylic acids is 1. The van der Waals surface area contributed by atoms with Gasteiger partial charge in [-0.1, -0.05) is 6.07 Å². The SMILES string of the molecule is COc1ccc(S(=O)(=O)N2CCC[C@@H](C(=O)N[C@@H](C)c3ccc4c(c3)OCCO4)C2)cc1. The van der Waals surface area contributed by atoms with Gasteiger partial charge in [-0.3, -0.25) is 4.79 Å². The maximum atomic E-state index is 13.1. The van der Waals surface area contributed by atoms with Gasteiger partial charge in [0.25, 0.3) is 0 Å². The van der Waals surface area contributed by atoms with Crippen LogP contribution in [0.2, 0.25) is 0 Å². The van der Waals surface area contributed by atoms with Crippen LogP contribution in [0.5, 0.6) is 17.2 Å². The van der Waals surface area contributed by atoms with Crippen molar-refractivity contribution in [3.8, 4) is 17.2 Å². The fourth-order valence-corrected chi connectivity index (χ4v) is 5.54. The molecule has 2 aliphatic rings. The third-order valence-electron chi connectivity index (χ3n) is 5.88. The average Bonchev–Trinajstić information content (AvgIpc) is 2.83. The summed E-state index contributed by atoms with van der Waals surface area (Å²) in [4.78, 5) is 13.2. The van der Waals surface area contributed by atoms with Gasteiger partial charge in [-0.15, -0.1) is 0 Å². The van der Waals surface area contributed by atoms with Crippen molar-refractivity contribution in [1.82, 2.24) is 9.62 Å². The average molecular weight is 461 g/mol. The minimum absolute atomic E-state index is 0.151. The number of amides is 1. The van der Waals surface area contributed by atoms with Crippen LogP contribution < -0.4 is 19.5 Å². The van der Waals surface area contributed by atoms with E-state index in [1.165, 1.54) is 23.5 Å². The maximum absolute atomic E-state index is 13.1. The summed E-state index contributed by atoms with van der Waals surface area (Å²) < 4.78 is 43.8. The van der Waals surface area contributed by atoms with Crippen molar-refractivity contribution in [2.24, 2.45) is 5.92 Å². The van der Waals surface area contributed by atoms with E-state index in [1.54, 1.807) is 12.1 Å². The molecule has 172 valence electrons. The topological polar surface area (TPSA) is 94.2 Å². The van der Waals surface area contributed by atoms with Gasteiger partial charge in [0.1, 0.15) is 19.0 Å². The number of sulfonamides is 1. The van der Waals surface area contributed by atoms with Crippen LogP contribution in [0.15, 0.2) is 47.4 Å². The number of nitrogens with zero attached hydrogens (tertiary/aromatic N) is 1. The van der Waals surface area contributed by atoms with Gasteiger partial charge in [0.2, 0.25) is 15.9 Å². The molecule has 9 heteroatoms. The standard InChI is InChI=1S/C23H28N2O6S/c1-16(17-5-10-21-22(14-17)31-13-12-30-21)24-23(26)18-4-3-11-25(15-18)32(27,28)20-8-6-19(29-2)7-9-20/h5-10,14,16,18H,3-4,11-13,15H2,1-2H3,(H,24,26)/t16-,18+/m0/s1. The minimum Gasteiger partial charge on any atom is -0.497 e. The fourth-order valence-electron chi connectivity index (χ4n) is 4.02. The summed E-state index contributed by atoms with van der Waals surface area (Å²) in [6, 6.07) is 11.7. The second-order valence-electron chi connectivity index (χ2n) is 8.01. The van der Waals surface area contributed by atoms with E-state index in [4.69, 9.17) is 14.2 Å². The van der Waals surface area contributed by atoms with Crippen LogP contribution >= 0.6 is 0 Å². The van der Waals surface area contributed by atoms with E-state index in [2.05, 4.69) is 5.32 Å². The van der Waals surface area contributed by atoms with E-state index >= 15 is 0 Å². The Morgan fingerprint density at radius 1 is 1.12 bits per heavy atom. The molecule has 0 aromatic heterocycles. The van der Waals surface area contributed by atoms with Crippen LogP contribution in [-0.2, 0) is 14.8 Å². The summed E-state index contributed by atoms with van der Waals surface area (Å²) in [6.07, 6.45) is 1.28. The highest BCUT2D eigenvalue weighted by Gasteiger charge is 2.33. The lowest BCUT2D eigenvalue weighted by molar-refractivity contribution is -0.126. The smallest absolute Gasteiger partial charge is 0.243 e. The Kier molecular flexibility index (Phi) is 6.57. The Morgan fingerprint density at radius 2 is 1.84 bits per heavy atom. The lowest BCUT2D eigenvalue weighted by Crippen LogP contribution is -2.45. The third kappa shape index (κ3) is 4.68. The Balaban J connectivity index is 1.41. The summed E-state index contributed by atoms with van der Waals surface area (Å²) in [5.41, 5.74) is 0.904. The highest BCUT2D eigenvalue weighted by atomic mass is 32.2. The van der Waals surface area contributed by atoms with E-state index in [1.807, 2.05) is 25.1 Å². The molecule has 2 aliphatic heterocycles. The molecule has 1 amide bonds. The predicted molar refractivity (Wildman–Crippen MR) is 118 cm³/mol. The number of piperidine rings is 1. The number of hydrogen-bond acceptors (Lipinski definition) is 6. The van der Waals surface area contributed by atoms with Gasteiger partial charge in [-0.05, 0) is 61.7 Å². The van der Waals surface area contributed by atoms with Crippen molar-refractivity contribution in [2.75, 3.05) is 33.4 Å². The van der Waals surface area contributed by atoms with Gasteiger partial charge in [0.15, 0.2) is 11.5 Å². The van der Waals surface area contributed by atoms with Crippen LogP contribution in [0.1, 0.15) is 31.4 Å². The molecule has 2 aromatic rings. The van der Waals surface area contributed by atoms with Crippen LogP contribution in [-0.4, -0.2) is 52.0 Å². The molecule has 32 heavy (non-hydrogen) atoms. The molecule has 8 nitrogen and oxygen atoms in total. The predicted octanol–water partition coefficient (Wildman–Crippen LogP) is 2.74. The lowest BCUT2D eigenvalue weighted by Gasteiger charge is -2.32. The summed E-state index contributed by atoms with van der Waals surface area (Å²) in [7, 11) is -2.15. The Hall–Kier alpha value is -2.78. The van der Waals surface area contributed by atoms with Gasteiger partial charge < -0.3 is 19.5 Å². The number of fused-ring (bicyclic) bond motifs is 1. The number of benzene rings is 2. The van der Waals surface area contributed by atoms with Crippen LogP contribution in [0.3, 0.4) is 0 Å². The molecule has 0 bridgehead atoms. The summed E-state index contributed by atoms with van der Waals surface area (Å²) in [6.45, 7) is 3.48. The van der Waals surface area contributed by atoms with Gasteiger partial charge >= 0.3 is 0 Å². The number of rotatable bonds is 6. The zero-order valence-electron chi connectivity index (χ0n) is 18.2. The second-order valence-corrected chi connectivity index (χ2v) is 9.95. The molecule has 2 aromatic carbocycles. The quantitative estimate of drug-likeness (QED) is 0.713. The number of ether oxygens (including phenoxy) is 3. The molecule has 0 aliphatic carbocycles. The number of methoxy groups -OCH3 is 1. The monoisotopic (exact) mass is 460 g/mol. The Bertz CT molecular complexity index is 1070. The first-order valence-corrected chi connectivity index (χ1v) is 12.2. The van der Waals surface area contributed by atoms with Crippen LogP contribution in [0.4, 0.5) is 0 Å². The first kappa shape index (κ1) is 22.4. The highest BCUT2D eigenvalue weighted by Crippen LogP contribution is 2.33. The van der Waals surface area contributed by atoms with Crippen LogP contribution in [0, 0.1) is 5.92 Å². The largest absolute Gasteiger partial charge is 0.497 e. The van der Waals surface area contributed by atoms with Crippen LogP contribution in [0.25, 0.3) is 0 Å². The van der Waals surface area contributed by atoms with Crippen molar-refractivity contribution in [1.29, 1.82) is 0 Å². The molecule has 1 N–H and O–H groups in total. The first-order valence-electron chi connectivity index (χ1n) is 10.7. The molecular weight excluding hydrogens is 432 g/mol. The summed E-state index contributed by atoms with van der Waals surface area (Å²) in [5.74, 6) is 1.40. The molecule has 1 saturated heterocycles. The molecule has 1 fully saturated rings. The van der Waals surface area contributed by atoms with Crippen molar-refractivity contribution >= 4 is 15.9 Å². The van der Waals surface area contributed by atoms with Gasteiger partial charge in [-0.25, -0.2) is 8.42 Å². The van der Waals surface area contributed by atoms with E-state index in [9.17, 15) is 13.2 Å². The normalized spacial score (nSPS) is 19.8.